The highest BCUT2D eigenvalue weighted by molar-refractivity contribution is 5.97. The minimum atomic E-state index is -0.396. The molecule has 0 fully saturated rings. The lowest BCUT2D eigenvalue weighted by Crippen LogP contribution is -2.15. The average molecular weight is 333 g/mol. The fourth-order valence-corrected chi connectivity index (χ4v) is 2.76. The Bertz CT molecular complexity index is 912. The van der Waals surface area contributed by atoms with Crippen molar-refractivity contribution in [2.24, 2.45) is 0 Å². The molecule has 0 aromatic heterocycles. The van der Waals surface area contributed by atoms with Crippen molar-refractivity contribution in [2.45, 2.75) is 13.3 Å². The Morgan fingerprint density at radius 3 is 2.56 bits per heavy atom. The minimum Gasteiger partial charge on any atom is -0.462 e. The summed E-state index contributed by atoms with van der Waals surface area (Å²) < 4.78 is 4.98. The van der Waals surface area contributed by atoms with Crippen LogP contribution >= 0.6 is 0 Å². The Hall–Kier alpha value is -3.14. The number of fused-ring (bicyclic) bond motifs is 1. The van der Waals surface area contributed by atoms with Gasteiger partial charge in [-0.15, -0.1) is 0 Å². The molecular formula is C21H19NO3. The largest absolute Gasteiger partial charge is 0.462 e. The van der Waals surface area contributed by atoms with Crippen LogP contribution in [0, 0.1) is 0 Å². The van der Waals surface area contributed by atoms with Crippen molar-refractivity contribution in [2.75, 3.05) is 11.9 Å². The van der Waals surface area contributed by atoms with E-state index in [0.29, 0.717) is 17.9 Å². The van der Waals surface area contributed by atoms with E-state index in [1.165, 1.54) is 0 Å². The smallest absolute Gasteiger partial charge is 0.338 e. The fourth-order valence-electron chi connectivity index (χ4n) is 2.76. The molecule has 126 valence electrons. The summed E-state index contributed by atoms with van der Waals surface area (Å²) in [6.07, 6.45) is 0.269. The van der Waals surface area contributed by atoms with Gasteiger partial charge in [0, 0.05) is 5.69 Å². The van der Waals surface area contributed by atoms with E-state index in [1.54, 1.807) is 31.2 Å². The predicted octanol–water partition coefficient (Wildman–Crippen LogP) is 4.20. The van der Waals surface area contributed by atoms with Crippen LogP contribution in [0.5, 0.6) is 0 Å². The van der Waals surface area contributed by atoms with E-state index in [0.717, 1.165) is 16.3 Å². The van der Waals surface area contributed by atoms with Gasteiger partial charge in [-0.1, -0.05) is 48.5 Å². The number of amides is 1. The number of anilines is 1. The molecule has 3 aromatic carbocycles. The van der Waals surface area contributed by atoms with E-state index in [-0.39, 0.29) is 12.3 Å². The van der Waals surface area contributed by atoms with E-state index in [2.05, 4.69) is 5.32 Å². The highest BCUT2D eigenvalue weighted by Crippen LogP contribution is 2.19. The SMILES string of the molecule is CCOC(=O)c1cccc(NC(=O)Cc2cccc3ccccc23)c1. The van der Waals surface area contributed by atoms with E-state index >= 15 is 0 Å². The van der Waals surface area contributed by atoms with Crippen LogP contribution in [0.15, 0.2) is 66.7 Å². The summed E-state index contributed by atoms with van der Waals surface area (Å²) in [6.45, 7) is 2.07. The molecule has 1 amide bonds. The maximum atomic E-state index is 12.4. The van der Waals surface area contributed by atoms with Gasteiger partial charge in [-0.3, -0.25) is 4.79 Å². The van der Waals surface area contributed by atoms with Crippen LogP contribution in [-0.2, 0) is 16.0 Å². The van der Waals surface area contributed by atoms with Gasteiger partial charge >= 0.3 is 5.97 Å². The zero-order chi connectivity index (χ0) is 17.6. The summed E-state index contributed by atoms with van der Waals surface area (Å²) in [6, 6.07) is 20.7. The first-order chi connectivity index (χ1) is 12.2. The summed E-state index contributed by atoms with van der Waals surface area (Å²) in [7, 11) is 0. The molecule has 0 aliphatic heterocycles. The number of ether oxygens (including phenoxy) is 1. The van der Waals surface area contributed by atoms with Crippen LogP contribution in [0.4, 0.5) is 5.69 Å². The number of rotatable bonds is 5. The van der Waals surface area contributed by atoms with Crippen molar-refractivity contribution in [1.29, 1.82) is 0 Å². The molecule has 25 heavy (non-hydrogen) atoms. The van der Waals surface area contributed by atoms with Crippen LogP contribution in [0.25, 0.3) is 10.8 Å². The topological polar surface area (TPSA) is 55.4 Å². The van der Waals surface area contributed by atoms with Gasteiger partial charge in [-0.05, 0) is 41.5 Å². The van der Waals surface area contributed by atoms with Crippen molar-refractivity contribution in [3.05, 3.63) is 77.9 Å². The lowest BCUT2D eigenvalue weighted by molar-refractivity contribution is -0.115. The lowest BCUT2D eigenvalue weighted by atomic mass is 10.0. The summed E-state index contributed by atoms with van der Waals surface area (Å²) in [4.78, 5) is 24.2. The number of benzene rings is 3. The van der Waals surface area contributed by atoms with Gasteiger partial charge in [0.25, 0.3) is 0 Å². The van der Waals surface area contributed by atoms with Crippen molar-refractivity contribution in [1.82, 2.24) is 0 Å². The Kier molecular flexibility index (Phi) is 5.09. The number of esters is 1. The van der Waals surface area contributed by atoms with Crippen LogP contribution in [0.1, 0.15) is 22.8 Å². The number of carbonyl (C=O) groups is 2. The van der Waals surface area contributed by atoms with E-state index in [1.807, 2.05) is 42.5 Å². The monoisotopic (exact) mass is 333 g/mol. The van der Waals surface area contributed by atoms with Gasteiger partial charge in [0.15, 0.2) is 0 Å². The van der Waals surface area contributed by atoms with E-state index < -0.39 is 5.97 Å². The normalized spacial score (nSPS) is 10.4. The van der Waals surface area contributed by atoms with E-state index in [4.69, 9.17) is 4.74 Å². The first-order valence-corrected chi connectivity index (χ1v) is 8.21. The minimum absolute atomic E-state index is 0.127. The first-order valence-electron chi connectivity index (χ1n) is 8.21. The average Bonchev–Trinajstić information content (AvgIpc) is 2.62. The quantitative estimate of drug-likeness (QED) is 0.712. The second kappa shape index (κ2) is 7.62. The zero-order valence-electron chi connectivity index (χ0n) is 14.0. The Morgan fingerprint density at radius 1 is 0.960 bits per heavy atom. The molecule has 0 aliphatic rings. The van der Waals surface area contributed by atoms with Crippen molar-refractivity contribution in [3.8, 4) is 0 Å². The van der Waals surface area contributed by atoms with Crippen molar-refractivity contribution in [3.63, 3.8) is 0 Å². The molecule has 0 bridgehead atoms. The molecule has 0 heterocycles. The first kappa shape index (κ1) is 16.7. The van der Waals surface area contributed by atoms with Gasteiger partial charge in [-0.25, -0.2) is 4.79 Å². The summed E-state index contributed by atoms with van der Waals surface area (Å²) in [5.74, 6) is -0.523. The van der Waals surface area contributed by atoms with Crippen LogP contribution < -0.4 is 5.32 Å². The van der Waals surface area contributed by atoms with Gasteiger partial charge in [-0.2, -0.15) is 0 Å². The third-order valence-electron chi connectivity index (χ3n) is 3.89. The summed E-state index contributed by atoms with van der Waals surface area (Å²) in [5.41, 5.74) is 1.97. The molecule has 0 atom stereocenters. The van der Waals surface area contributed by atoms with Crippen molar-refractivity contribution >= 4 is 28.3 Å². The Morgan fingerprint density at radius 2 is 1.72 bits per heavy atom. The van der Waals surface area contributed by atoms with E-state index in [9.17, 15) is 9.59 Å². The number of nitrogens with one attached hydrogen (secondary N) is 1. The van der Waals surface area contributed by atoms with Crippen molar-refractivity contribution < 1.29 is 14.3 Å². The fraction of sp³-hybridized carbons (Fsp3) is 0.143. The lowest BCUT2D eigenvalue weighted by Gasteiger charge is -2.09. The van der Waals surface area contributed by atoms with Gasteiger partial charge < -0.3 is 10.1 Å². The maximum Gasteiger partial charge on any atom is 0.338 e. The maximum absolute atomic E-state index is 12.4. The molecule has 0 radical (unpaired) electrons. The highest BCUT2D eigenvalue weighted by Gasteiger charge is 2.10. The molecule has 3 aromatic rings. The molecule has 3 rings (SSSR count). The Balaban J connectivity index is 1.74. The second-order valence-corrected chi connectivity index (χ2v) is 5.66. The molecule has 0 aliphatic carbocycles. The molecule has 0 unspecified atom stereocenters. The number of hydrogen-bond donors (Lipinski definition) is 1. The number of carbonyl (C=O) groups excluding carboxylic acids is 2. The van der Waals surface area contributed by atoms with Gasteiger partial charge in [0.05, 0.1) is 18.6 Å². The molecule has 0 spiro atoms. The third kappa shape index (κ3) is 4.04. The standard InChI is InChI=1S/C21H19NO3/c1-2-25-21(24)17-10-6-11-18(13-17)22-20(23)14-16-9-5-8-15-7-3-4-12-19(15)16/h3-13H,2,14H2,1H3,(H,22,23). The molecule has 4 nitrogen and oxygen atoms in total. The predicted molar refractivity (Wildman–Crippen MR) is 98.7 cm³/mol. The van der Waals surface area contributed by atoms with Crippen LogP contribution in [-0.4, -0.2) is 18.5 Å². The molecule has 4 heteroatoms. The molecule has 1 N–H and O–H groups in total. The van der Waals surface area contributed by atoms with Gasteiger partial charge in [0.1, 0.15) is 0 Å². The summed E-state index contributed by atoms with van der Waals surface area (Å²) >= 11 is 0. The van der Waals surface area contributed by atoms with Crippen LogP contribution in [0.3, 0.4) is 0 Å². The van der Waals surface area contributed by atoms with Crippen LogP contribution in [0.2, 0.25) is 0 Å². The zero-order valence-corrected chi connectivity index (χ0v) is 14.0. The number of hydrogen-bond acceptors (Lipinski definition) is 3. The second-order valence-electron chi connectivity index (χ2n) is 5.66. The molecular weight excluding hydrogens is 314 g/mol. The molecule has 0 saturated carbocycles. The third-order valence-corrected chi connectivity index (χ3v) is 3.89. The molecule has 0 saturated heterocycles. The highest BCUT2D eigenvalue weighted by atomic mass is 16.5. The summed E-state index contributed by atoms with van der Waals surface area (Å²) in [5, 5.41) is 5.02. The van der Waals surface area contributed by atoms with Gasteiger partial charge in [0.2, 0.25) is 5.91 Å². The Labute approximate surface area is 146 Å².